The van der Waals surface area contributed by atoms with Gasteiger partial charge in [-0.3, -0.25) is 9.36 Å². The van der Waals surface area contributed by atoms with Crippen molar-refractivity contribution in [3.63, 3.8) is 0 Å². The molecule has 1 amide bonds. The molecule has 1 N–H and O–H groups in total. The molecule has 0 fully saturated rings. The molecule has 126 valence electrons. The number of amides is 1. The Morgan fingerprint density at radius 3 is 2.71 bits per heavy atom. The Morgan fingerprint density at radius 1 is 1.38 bits per heavy atom. The monoisotopic (exact) mass is 329 g/mol. The van der Waals surface area contributed by atoms with E-state index < -0.39 is 6.09 Å². The van der Waals surface area contributed by atoms with Crippen molar-refractivity contribution in [1.82, 2.24) is 14.5 Å². The molecule has 0 bridgehead atoms. The number of aromatic nitrogens is 2. The van der Waals surface area contributed by atoms with Crippen LogP contribution in [-0.2, 0) is 19.5 Å². The quantitative estimate of drug-likeness (QED) is 0.927. The van der Waals surface area contributed by atoms with Gasteiger partial charge in [0.25, 0.3) is 5.56 Å². The minimum Gasteiger partial charge on any atom is -0.497 e. The van der Waals surface area contributed by atoms with E-state index in [4.69, 9.17) is 4.74 Å². The Hall–Kier alpha value is -2.83. The van der Waals surface area contributed by atoms with Crippen LogP contribution < -0.4 is 10.3 Å². The Morgan fingerprint density at radius 2 is 2.08 bits per heavy atom. The predicted octanol–water partition coefficient (Wildman–Crippen LogP) is 1.72. The molecular formula is C17H19N3O4. The molecule has 0 aliphatic carbocycles. The Balaban J connectivity index is 1.90. The third-order valence-electron chi connectivity index (χ3n) is 4.33. The Bertz CT molecular complexity index is 814. The van der Waals surface area contributed by atoms with Crippen LogP contribution >= 0.6 is 0 Å². The molecule has 2 heterocycles. The number of ether oxygens (including phenoxy) is 1. The van der Waals surface area contributed by atoms with Crippen LogP contribution in [0, 0.1) is 0 Å². The van der Waals surface area contributed by atoms with Crippen LogP contribution in [-0.4, -0.2) is 38.8 Å². The van der Waals surface area contributed by atoms with Gasteiger partial charge in [-0.15, -0.1) is 0 Å². The Kier molecular flexibility index (Phi) is 4.24. The largest absolute Gasteiger partial charge is 0.497 e. The third-order valence-corrected chi connectivity index (χ3v) is 4.33. The van der Waals surface area contributed by atoms with Crippen molar-refractivity contribution in [2.45, 2.75) is 32.5 Å². The van der Waals surface area contributed by atoms with E-state index in [1.165, 1.54) is 15.8 Å². The molecule has 0 spiro atoms. The molecule has 1 aliphatic heterocycles. The van der Waals surface area contributed by atoms with Crippen LogP contribution in [0.5, 0.6) is 5.75 Å². The first-order chi connectivity index (χ1) is 11.5. The number of carbonyl (C=O) groups is 1. The molecule has 7 nitrogen and oxygen atoms in total. The number of methoxy groups -OCH3 is 1. The van der Waals surface area contributed by atoms with Crippen LogP contribution in [0.25, 0.3) is 0 Å². The number of nitrogens with zero attached hydrogens (tertiary/aromatic N) is 3. The van der Waals surface area contributed by atoms with Gasteiger partial charge in [0.2, 0.25) is 0 Å². The molecule has 1 aromatic heterocycles. The number of hydrogen-bond donors (Lipinski definition) is 1. The van der Waals surface area contributed by atoms with E-state index in [1.807, 2.05) is 31.2 Å². The van der Waals surface area contributed by atoms with E-state index in [-0.39, 0.29) is 18.1 Å². The van der Waals surface area contributed by atoms with Crippen LogP contribution in [0.15, 0.2) is 35.4 Å². The summed E-state index contributed by atoms with van der Waals surface area (Å²) in [5.41, 5.74) is 1.91. The lowest BCUT2D eigenvalue weighted by Gasteiger charge is -2.31. The standard InChI is InChI=1S/C17H19N3O4/c1-11-7-15-14(9-20(11)17(22)23)16(21)19(10-18-15)8-12-3-5-13(24-2)6-4-12/h3-6,10-11H,7-9H2,1-2H3,(H,22,23)/t11-/m1/s1. The molecule has 0 saturated heterocycles. The first-order valence-electron chi connectivity index (χ1n) is 7.69. The zero-order valence-electron chi connectivity index (χ0n) is 13.6. The second-order valence-electron chi connectivity index (χ2n) is 5.91. The van der Waals surface area contributed by atoms with Gasteiger partial charge in [-0.1, -0.05) is 12.1 Å². The number of hydrogen-bond acceptors (Lipinski definition) is 4. The minimum absolute atomic E-state index is 0.0844. The maximum absolute atomic E-state index is 12.7. The Labute approximate surface area is 139 Å². The van der Waals surface area contributed by atoms with Crippen molar-refractivity contribution >= 4 is 6.09 Å². The molecule has 0 unspecified atom stereocenters. The van der Waals surface area contributed by atoms with Gasteiger partial charge in [-0.25, -0.2) is 9.78 Å². The summed E-state index contributed by atoms with van der Waals surface area (Å²) in [7, 11) is 1.60. The molecule has 2 aromatic rings. The molecule has 24 heavy (non-hydrogen) atoms. The summed E-state index contributed by atoms with van der Waals surface area (Å²) in [6, 6.07) is 7.26. The highest BCUT2D eigenvalue weighted by Gasteiger charge is 2.29. The number of rotatable bonds is 3. The van der Waals surface area contributed by atoms with Gasteiger partial charge >= 0.3 is 6.09 Å². The zero-order valence-corrected chi connectivity index (χ0v) is 13.6. The van der Waals surface area contributed by atoms with Crippen molar-refractivity contribution in [3.8, 4) is 5.75 Å². The highest BCUT2D eigenvalue weighted by Crippen LogP contribution is 2.19. The van der Waals surface area contributed by atoms with E-state index in [0.717, 1.165) is 11.3 Å². The molecule has 1 aliphatic rings. The smallest absolute Gasteiger partial charge is 0.407 e. The average Bonchev–Trinajstić information content (AvgIpc) is 2.57. The SMILES string of the molecule is COc1ccc(Cn2cnc3c(c2=O)CN(C(=O)O)[C@H](C)C3)cc1. The number of benzene rings is 1. The van der Waals surface area contributed by atoms with Crippen LogP contribution in [0.4, 0.5) is 4.79 Å². The maximum atomic E-state index is 12.7. The van der Waals surface area contributed by atoms with Crippen LogP contribution in [0.3, 0.4) is 0 Å². The van der Waals surface area contributed by atoms with E-state index in [1.54, 1.807) is 7.11 Å². The summed E-state index contributed by atoms with van der Waals surface area (Å²) >= 11 is 0. The molecule has 1 atom stereocenters. The third kappa shape index (κ3) is 2.97. The second kappa shape index (κ2) is 6.35. The van der Waals surface area contributed by atoms with E-state index in [9.17, 15) is 14.7 Å². The second-order valence-corrected chi connectivity index (χ2v) is 5.91. The predicted molar refractivity (Wildman–Crippen MR) is 87.3 cm³/mol. The van der Waals surface area contributed by atoms with Gasteiger partial charge in [0.05, 0.1) is 37.8 Å². The van der Waals surface area contributed by atoms with Gasteiger partial charge in [0, 0.05) is 12.5 Å². The summed E-state index contributed by atoms with van der Waals surface area (Å²) in [6.07, 6.45) is 0.979. The van der Waals surface area contributed by atoms with Gasteiger partial charge in [-0.05, 0) is 24.6 Å². The lowest BCUT2D eigenvalue weighted by Crippen LogP contribution is -2.45. The fourth-order valence-electron chi connectivity index (χ4n) is 2.91. The molecule has 7 heteroatoms. The normalized spacial score (nSPS) is 16.6. The first kappa shape index (κ1) is 16.0. The topological polar surface area (TPSA) is 84.7 Å². The summed E-state index contributed by atoms with van der Waals surface area (Å²) in [5, 5.41) is 9.26. The van der Waals surface area contributed by atoms with Gasteiger partial charge in [-0.2, -0.15) is 0 Å². The summed E-state index contributed by atoms with van der Waals surface area (Å²) in [6.45, 7) is 2.29. The fourth-order valence-corrected chi connectivity index (χ4v) is 2.91. The summed E-state index contributed by atoms with van der Waals surface area (Å²) < 4.78 is 6.63. The van der Waals surface area contributed by atoms with Crippen molar-refractivity contribution in [2.75, 3.05) is 7.11 Å². The molecule has 1 aromatic carbocycles. The van der Waals surface area contributed by atoms with Crippen molar-refractivity contribution in [2.24, 2.45) is 0 Å². The molecule has 0 saturated carbocycles. The minimum atomic E-state index is -1.02. The fraction of sp³-hybridized carbons (Fsp3) is 0.353. The average molecular weight is 329 g/mol. The molecule has 3 rings (SSSR count). The lowest BCUT2D eigenvalue weighted by atomic mass is 10.0. The number of fused-ring (bicyclic) bond motifs is 1. The van der Waals surface area contributed by atoms with Crippen molar-refractivity contribution in [3.05, 3.63) is 57.8 Å². The first-order valence-corrected chi connectivity index (χ1v) is 7.69. The van der Waals surface area contributed by atoms with Gasteiger partial charge in [0.15, 0.2) is 0 Å². The van der Waals surface area contributed by atoms with Crippen LogP contribution in [0.1, 0.15) is 23.7 Å². The highest BCUT2D eigenvalue weighted by molar-refractivity contribution is 5.66. The summed E-state index contributed by atoms with van der Waals surface area (Å²) in [5.74, 6) is 0.751. The van der Waals surface area contributed by atoms with Gasteiger partial charge in [0.1, 0.15) is 5.75 Å². The van der Waals surface area contributed by atoms with Crippen molar-refractivity contribution < 1.29 is 14.6 Å². The molecule has 0 radical (unpaired) electrons. The number of carboxylic acid groups (broad SMARTS) is 1. The molecular weight excluding hydrogens is 310 g/mol. The van der Waals surface area contributed by atoms with Gasteiger partial charge < -0.3 is 14.7 Å². The van der Waals surface area contributed by atoms with E-state index >= 15 is 0 Å². The van der Waals surface area contributed by atoms with Crippen LogP contribution in [0.2, 0.25) is 0 Å². The van der Waals surface area contributed by atoms with Crippen molar-refractivity contribution in [1.29, 1.82) is 0 Å². The van der Waals surface area contributed by atoms with E-state index in [0.29, 0.717) is 24.2 Å². The van der Waals surface area contributed by atoms with E-state index in [2.05, 4.69) is 4.98 Å². The summed E-state index contributed by atoms with van der Waals surface area (Å²) in [4.78, 5) is 29.7. The highest BCUT2D eigenvalue weighted by atomic mass is 16.5. The lowest BCUT2D eigenvalue weighted by molar-refractivity contribution is 0.118. The maximum Gasteiger partial charge on any atom is 0.407 e. The zero-order chi connectivity index (χ0) is 17.3.